The second kappa shape index (κ2) is 7.32. The third-order valence-corrected chi connectivity index (χ3v) is 5.22. The number of rotatable bonds is 3. The second-order valence-corrected chi connectivity index (χ2v) is 7.35. The van der Waals surface area contributed by atoms with Gasteiger partial charge in [-0.2, -0.15) is 13.2 Å². The van der Waals surface area contributed by atoms with Crippen LogP contribution < -0.4 is 10.5 Å². The summed E-state index contributed by atoms with van der Waals surface area (Å²) in [7, 11) is 0. The zero-order valence-electron chi connectivity index (χ0n) is 14.5. The molecule has 7 nitrogen and oxygen atoms in total. The van der Waals surface area contributed by atoms with Gasteiger partial charge in [0.15, 0.2) is 12.3 Å². The third kappa shape index (κ3) is 4.27. The summed E-state index contributed by atoms with van der Waals surface area (Å²) in [4.78, 5) is 24.6. The van der Waals surface area contributed by atoms with Gasteiger partial charge in [-0.1, -0.05) is 11.6 Å². The number of halogens is 4. The number of likely N-dealkylation sites (tertiary alicyclic amines) is 1. The van der Waals surface area contributed by atoms with Crippen molar-refractivity contribution in [3.63, 3.8) is 0 Å². The van der Waals surface area contributed by atoms with E-state index in [-0.39, 0.29) is 25.9 Å². The van der Waals surface area contributed by atoms with Gasteiger partial charge in [0.25, 0.3) is 0 Å². The molecule has 2 aliphatic heterocycles. The van der Waals surface area contributed by atoms with Crippen molar-refractivity contribution in [1.82, 2.24) is 4.90 Å². The number of benzene rings is 1. The molecule has 0 saturated carbocycles. The van der Waals surface area contributed by atoms with Crippen molar-refractivity contribution in [3.8, 4) is 5.75 Å². The van der Waals surface area contributed by atoms with Crippen LogP contribution in [0.1, 0.15) is 24.3 Å². The summed E-state index contributed by atoms with van der Waals surface area (Å²) in [6.45, 7) is -1.78. The van der Waals surface area contributed by atoms with Crippen LogP contribution in [0, 0.1) is 5.92 Å². The van der Waals surface area contributed by atoms with Gasteiger partial charge < -0.3 is 19.5 Å². The molecule has 0 aliphatic carbocycles. The van der Waals surface area contributed by atoms with Gasteiger partial charge in [0.2, 0.25) is 0 Å². The van der Waals surface area contributed by atoms with E-state index in [0.29, 0.717) is 16.3 Å². The van der Waals surface area contributed by atoms with Crippen LogP contribution in [0.2, 0.25) is 5.02 Å². The minimum atomic E-state index is -4.64. The van der Waals surface area contributed by atoms with Crippen LogP contribution in [0.3, 0.4) is 0 Å². The number of hydrogen-bond donors (Lipinski definition) is 2. The Morgan fingerprint density at radius 3 is 2.79 bits per heavy atom. The number of amides is 1. The van der Waals surface area contributed by atoms with Crippen molar-refractivity contribution in [1.29, 1.82) is 0 Å². The Balaban J connectivity index is 1.86. The molecular formula is C17H18ClF3N2O5. The van der Waals surface area contributed by atoms with Crippen LogP contribution in [0.4, 0.5) is 18.0 Å². The molecular weight excluding hydrogens is 405 g/mol. The van der Waals surface area contributed by atoms with Gasteiger partial charge in [-0.3, -0.25) is 10.5 Å². The number of carbonyl (C=O) groups excluding carboxylic acids is 1. The largest absolute Gasteiger partial charge is 0.481 e. The first-order valence-electron chi connectivity index (χ1n) is 8.46. The Hall–Kier alpha value is -2.20. The molecule has 2 aliphatic rings. The number of alkyl halides is 3. The molecule has 2 heterocycles. The summed E-state index contributed by atoms with van der Waals surface area (Å²) in [5, 5.41) is 9.71. The number of piperidine rings is 1. The van der Waals surface area contributed by atoms with Crippen molar-refractivity contribution in [2.24, 2.45) is 11.7 Å². The molecule has 1 aromatic carbocycles. The Labute approximate surface area is 163 Å². The van der Waals surface area contributed by atoms with Gasteiger partial charge in [-0.25, -0.2) is 4.79 Å². The average molecular weight is 423 g/mol. The summed E-state index contributed by atoms with van der Waals surface area (Å²) in [6.07, 6.45) is -5.97. The first-order valence-corrected chi connectivity index (χ1v) is 8.84. The normalized spacial score (nSPS) is 26.7. The molecule has 0 bridgehead atoms. The van der Waals surface area contributed by atoms with Crippen LogP contribution in [-0.2, 0) is 9.53 Å². The summed E-state index contributed by atoms with van der Waals surface area (Å²) < 4.78 is 47.1. The minimum absolute atomic E-state index is 0.0202. The molecule has 0 spiro atoms. The third-order valence-electron chi connectivity index (χ3n) is 4.99. The van der Waals surface area contributed by atoms with Crippen LogP contribution in [-0.4, -0.2) is 53.7 Å². The number of aliphatic carboxylic acids is 1. The number of carbonyl (C=O) groups is 2. The zero-order valence-corrected chi connectivity index (χ0v) is 15.3. The number of nitrogens with two attached hydrogens (primary N) is 1. The number of nitrogens with zero attached hydrogens (tertiary/aromatic N) is 1. The van der Waals surface area contributed by atoms with E-state index in [0.717, 1.165) is 4.90 Å². The second-order valence-electron chi connectivity index (χ2n) is 6.92. The summed E-state index contributed by atoms with van der Waals surface area (Å²) in [6, 6.07) is 4.76. The van der Waals surface area contributed by atoms with Gasteiger partial charge in [0.05, 0.1) is 6.42 Å². The van der Waals surface area contributed by atoms with Gasteiger partial charge in [-0.15, -0.1) is 0 Å². The maximum atomic E-state index is 12.3. The summed E-state index contributed by atoms with van der Waals surface area (Å²) in [5.74, 6) is -1.98. The lowest BCUT2D eigenvalue weighted by molar-refractivity contribution is -0.164. The van der Waals surface area contributed by atoms with Gasteiger partial charge in [0, 0.05) is 36.4 Å². The first-order chi connectivity index (χ1) is 13.0. The number of carboxylic acids is 1. The van der Waals surface area contributed by atoms with Crippen molar-refractivity contribution in [3.05, 3.63) is 28.8 Å². The van der Waals surface area contributed by atoms with Crippen LogP contribution in [0.5, 0.6) is 5.75 Å². The fourth-order valence-electron chi connectivity index (χ4n) is 3.74. The monoisotopic (exact) mass is 422 g/mol. The molecule has 3 rings (SSSR count). The van der Waals surface area contributed by atoms with E-state index in [4.69, 9.17) is 22.1 Å². The van der Waals surface area contributed by atoms with Crippen LogP contribution in [0.15, 0.2) is 18.2 Å². The predicted molar refractivity (Wildman–Crippen MR) is 91.1 cm³/mol. The predicted octanol–water partition coefficient (Wildman–Crippen LogP) is 2.97. The van der Waals surface area contributed by atoms with E-state index < -0.39 is 42.4 Å². The smallest absolute Gasteiger partial charge is 0.422 e. The van der Waals surface area contributed by atoms with Crippen molar-refractivity contribution < 1.29 is 37.3 Å². The molecule has 3 unspecified atom stereocenters. The van der Waals surface area contributed by atoms with E-state index in [1.54, 1.807) is 18.2 Å². The topological polar surface area (TPSA) is 102 Å². The number of carboxylic acid groups (broad SMARTS) is 1. The average Bonchev–Trinajstić information content (AvgIpc) is 2.58. The zero-order chi connectivity index (χ0) is 20.7. The van der Waals surface area contributed by atoms with Gasteiger partial charge >= 0.3 is 18.2 Å². The molecule has 3 atom stereocenters. The molecule has 11 heteroatoms. The Kier molecular flexibility index (Phi) is 5.37. The highest BCUT2D eigenvalue weighted by Gasteiger charge is 2.52. The van der Waals surface area contributed by atoms with Crippen molar-refractivity contribution in [2.45, 2.75) is 30.7 Å². The standard InChI is InChI=1S/C17H18ClF3N2O5/c18-9-1-2-13-11(5-9)10(6-14(24)25)12-7-23(4-3-16(12,22)28-13)15(26)27-8-17(19,20)21/h1-2,5,10,12H,3-4,6-8,22H2,(H,24,25). The highest BCUT2D eigenvalue weighted by molar-refractivity contribution is 6.30. The molecule has 154 valence electrons. The first kappa shape index (κ1) is 20.5. The lowest BCUT2D eigenvalue weighted by Gasteiger charge is -2.51. The SMILES string of the molecule is NC12CCN(C(=O)OCC(F)(F)F)CC1C(CC(=O)O)c1cc(Cl)ccc1O2. The fraction of sp³-hybridized carbons (Fsp3) is 0.529. The van der Waals surface area contributed by atoms with Crippen LogP contribution >= 0.6 is 11.6 Å². The molecule has 1 amide bonds. The van der Waals surface area contributed by atoms with Crippen molar-refractivity contribution in [2.75, 3.05) is 19.7 Å². The highest BCUT2D eigenvalue weighted by Crippen LogP contribution is 2.48. The van der Waals surface area contributed by atoms with Gasteiger partial charge in [0.1, 0.15) is 5.75 Å². The van der Waals surface area contributed by atoms with E-state index in [1.807, 2.05) is 0 Å². The number of fused-ring (bicyclic) bond motifs is 2. The number of hydrogen-bond acceptors (Lipinski definition) is 5. The van der Waals surface area contributed by atoms with E-state index >= 15 is 0 Å². The fourth-order valence-corrected chi connectivity index (χ4v) is 3.92. The maximum Gasteiger partial charge on any atom is 0.422 e. The summed E-state index contributed by atoms with van der Waals surface area (Å²) in [5.41, 5.74) is 5.65. The molecule has 1 aromatic rings. The van der Waals surface area contributed by atoms with Gasteiger partial charge in [-0.05, 0) is 23.8 Å². The lowest BCUT2D eigenvalue weighted by Crippen LogP contribution is -2.65. The Bertz CT molecular complexity index is 791. The molecule has 28 heavy (non-hydrogen) atoms. The lowest BCUT2D eigenvalue weighted by atomic mass is 9.72. The van der Waals surface area contributed by atoms with E-state index in [9.17, 15) is 27.9 Å². The number of ether oxygens (including phenoxy) is 2. The summed E-state index contributed by atoms with van der Waals surface area (Å²) >= 11 is 6.03. The molecule has 1 fully saturated rings. The Morgan fingerprint density at radius 2 is 2.14 bits per heavy atom. The highest BCUT2D eigenvalue weighted by atomic mass is 35.5. The molecule has 3 N–H and O–H groups in total. The maximum absolute atomic E-state index is 12.3. The minimum Gasteiger partial charge on any atom is -0.481 e. The molecule has 0 aromatic heterocycles. The van der Waals surface area contributed by atoms with E-state index in [2.05, 4.69) is 4.74 Å². The quantitative estimate of drug-likeness (QED) is 0.776. The van der Waals surface area contributed by atoms with Crippen LogP contribution in [0.25, 0.3) is 0 Å². The van der Waals surface area contributed by atoms with Crippen molar-refractivity contribution >= 4 is 23.7 Å². The molecule has 0 radical (unpaired) electrons. The van der Waals surface area contributed by atoms with E-state index in [1.165, 1.54) is 0 Å². The molecule has 1 saturated heterocycles. The Morgan fingerprint density at radius 1 is 1.43 bits per heavy atom.